The Morgan fingerprint density at radius 3 is 2.64 bits per heavy atom. The van der Waals surface area contributed by atoms with Gasteiger partial charge in [-0.05, 0) is 29.2 Å². The summed E-state index contributed by atoms with van der Waals surface area (Å²) in [5.74, 6) is 0.0223. The zero-order valence-corrected chi connectivity index (χ0v) is 14.5. The highest BCUT2D eigenvalue weighted by Crippen LogP contribution is 2.18. The third-order valence-electron chi connectivity index (χ3n) is 4.23. The lowest BCUT2D eigenvalue weighted by molar-refractivity contribution is -0.120. The Balaban J connectivity index is 1.59. The minimum Gasteiger partial charge on any atom is -0.377 e. The molecule has 0 unspecified atom stereocenters. The van der Waals surface area contributed by atoms with Gasteiger partial charge in [-0.3, -0.25) is 4.79 Å². The third-order valence-corrected chi connectivity index (χ3v) is 4.23. The molecule has 0 atom stereocenters. The maximum absolute atomic E-state index is 12.3. The SMILES string of the molecule is CCCOCc1ccccc1CNC(=O)Cc1c[nH]c2ccccc12. The molecule has 0 aliphatic rings. The molecule has 0 aliphatic carbocycles. The van der Waals surface area contributed by atoms with E-state index in [1.807, 2.05) is 48.7 Å². The van der Waals surface area contributed by atoms with E-state index in [4.69, 9.17) is 4.74 Å². The van der Waals surface area contributed by atoms with Crippen LogP contribution in [0.2, 0.25) is 0 Å². The van der Waals surface area contributed by atoms with Crippen molar-refractivity contribution in [3.63, 3.8) is 0 Å². The molecule has 0 bridgehead atoms. The molecule has 0 fully saturated rings. The van der Waals surface area contributed by atoms with E-state index in [0.29, 0.717) is 19.6 Å². The molecule has 1 heterocycles. The van der Waals surface area contributed by atoms with Crippen LogP contribution in [0.15, 0.2) is 54.7 Å². The fourth-order valence-corrected chi connectivity index (χ4v) is 2.90. The Morgan fingerprint density at radius 1 is 1.04 bits per heavy atom. The monoisotopic (exact) mass is 336 g/mol. The van der Waals surface area contributed by atoms with Gasteiger partial charge in [0.15, 0.2) is 0 Å². The van der Waals surface area contributed by atoms with Gasteiger partial charge in [0.1, 0.15) is 0 Å². The maximum atomic E-state index is 12.3. The van der Waals surface area contributed by atoms with E-state index < -0.39 is 0 Å². The summed E-state index contributed by atoms with van der Waals surface area (Å²) < 4.78 is 5.63. The van der Waals surface area contributed by atoms with Crippen molar-refractivity contribution in [2.24, 2.45) is 0 Å². The lowest BCUT2D eigenvalue weighted by atomic mass is 10.1. The molecule has 1 amide bonds. The van der Waals surface area contributed by atoms with E-state index >= 15 is 0 Å². The number of rotatable bonds is 8. The Bertz CT molecular complexity index is 839. The molecule has 1 aromatic heterocycles. The predicted octanol–water partition coefficient (Wildman–Crippen LogP) is 3.95. The summed E-state index contributed by atoms with van der Waals surface area (Å²) in [6.07, 6.45) is 3.29. The van der Waals surface area contributed by atoms with E-state index in [1.54, 1.807) is 0 Å². The van der Waals surface area contributed by atoms with E-state index in [1.165, 1.54) is 0 Å². The topological polar surface area (TPSA) is 54.1 Å². The highest BCUT2D eigenvalue weighted by Gasteiger charge is 2.09. The van der Waals surface area contributed by atoms with Crippen LogP contribution in [0.5, 0.6) is 0 Å². The molecule has 0 aliphatic heterocycles. The van der Waals surface area contributed by atoms with Crippen molar-refractivity contribution in [3.8, 4) is 0 Å². The van der Waals surface area contributed by atoms with Crippen molar-refractivity contribution < 1.29 is 9.53 Å². The van der Waals surface area contributed by atoms with Crippen LogP contribution in [0.25, 0.3) is 10.9 Å². The van der Waals surface area contributed by atoms with Crippen LogP contribution in [0.3, 0.4) is 0 Å². The van der Waals surface area contributed by atoms with Gasteiger partial charge in [-0.2, -0.15) is 0 Å². The second-order valence-corrected chi connectivity index (χ2v) is 6.13. The summed E-state index contributed by atoms with van der Waals surface area (Å²) in [5.41, 5.74) is 4.31. The van der Waals surface area contributed by atoms with E-state index in [2.05, 4.69) is 23.3 Å². The number of hydrogen-bond acceptors (Lipinski definition) is 2. The number of carbonyl (C=O) groups excluding carboxylic acids is 1. The highest BCUT2D eigenvalue weighted by atomic mass is 16.5. The van der Waals surface area contributed by atoms with Gasteiger partial charge in [0.2, 0.25) is 5.91 Å². The molecule has 0 saturated heterocycles. The van der Waals surface area contributed by atoms with Crippen molar-refractivity contribution in [1.29, 1.82) is 0 Å². The van der Waals surface area contributed by atoms with Gasteiger partial charge in [-0.15, -0.1) is 0 Å². The number of carbonyl (C=O) groups is 1. The number of nitrogens with one attached hydrogen (secondary N) is 2. The normalized spacial score (nSPS) is 10.9. The van der Waals surface area contributed by atoms with Gasteiger partial charge in [0, 0.05) is 30.3 Å². The molecule has 2 N–H and O–H groups in total. The number of aromatic amines is 1. The predicted molar refractivity (Wildman–Crippen MR) is 100 cm³/mol. The first kappa shape index (κ1) is 17.2. The summed E-state index contributed by atoms with van der Waals surface area (Å²) in [6.45, 7) is 3.95. The van der Waals surface area contributed by atoms with Crippen molar-refractivity contribution in [2.45, 2.75) is 32.9 Å². The Hall–Kier alpha value is -2.59. The molecular formula is C21H24N2O2. The molecule has 3 aromatic rings. The second-order valence-electron chi connectivity index (χ2n) is 6.13. The van der Waals surface area contributed by atoms with Gasteiger partial charge in [0.25, 0.3) is 0 Å². The smallest absolute Gasteiger partial charge is 0.224 e. The standard InChI is InChI=1S/C21H24N2O2/c1-2-11-25-15-17-8-4-3-7-16(17)13-23-21(24)12-18-14-22-20-10-6-5-9-19(18)20/h3-10,14,22H,2,11-13,15H2,1H3,(H,23,24). The quantitative estimate of drug-likeness (QED) is 0.612. The summed E-state index contributed by atoms with van der Waals surface area (Å²) in [7, 11) is 0. The van der Waals surface area contributed by atoms with Crippen molar-refractivity contribution >= 4 is 16.8 Å². The Kier molecular flexibility index (Phi) is 5.86. The molecule has 4 nitrogen and oxygen atoms in total. The van der Waals surface area contributed by atoms with Crippen LogP contribution in [0, 0.1) is 0 Å². The van der Waals surface area contributed by atoms with Crippen LogP contribution in [-0.2, 0) is 29.1 Å². The Morgan fingerprint density at radius 2 is 1.80 bits per heavy atom. The van der Waals surface area contributed by atoms with Crippen LogP contribution in [-0.4, -0.2) is 17.5 Å². The largest absolute Gasteiger partial charge is 0.377 e. The number of benzene rings is 2. The summed E-state index contributed by atoms with van der Waals surface area (Å²) in [4.78, 5) is 15.6. The molecule has 0 radical (unpaired) electrons. The van der Waals surface area contributed by atoms with Crippen LogP contribution in [0.4, 0.5) is 0 Å². The van der Waals surface area contributed by atoms with Crippen LogP contribution in [0.1, 0.15) is 30.0 Å². The number of fused-ring (bicyclic) bond motifs is 1. The summed E-state index contributed by atoms with van der Waals surface area (Å²) in [5, 5.41) is 4.13. The van der Waals surface area contributed by atoms with Crippen molar-refractivity contribution in [1.82, 2.24) is 10.3 Å². The van der Waals surface area contributed by atoms with Gasteiger partial charge >= 0.3 is 0 Å². The van der Waals surface area contributed by atoms with Crippen molar-refractivity contribution in [3.05, 3.63) is 71.4 Å². The molecular weight excluding hydrogens is 312 g/mol. The number of hydrogen-bond donors (Lipinski definition) is 2. The summed E-state index contributed by atoms with van der Waals surface area (Å²) >= 11 is 0. The van der Waals surface area contributed by atoms with Gasteiger partial charge in [-0.25, -0.2) is 0 Å². The van der Waals surface area contributed by atoms with E-state index in [0.717, 1.165) is 40.6 Å². The Labute approximate surface area is 148 Å². The molecule has 130 valence electrons. The average Bonchev–Trinajstić information content (AvgIpc) is 3.04. The highest BCUT2D eigenvalue weighted by molar-refractivity contribution is 5.88. The number of aromatic nitrogens is 1. The third kappa shape index (κ3) is 4.48. The van der Waals surface area contributed by atoms with Gasteiger partial charge in [-0.1, -0.05) is 49.4 Å². The number of amides is 1. The molecule has 25 heavy (non-hydrogen) atoms. The van der Waals surface area contributed by atoms with Crippen LogP contribution >= 0.6 is 0 Å². The molecule has 2 aromatic carbocycles. The number of ether oxygens (including phenoxy) is 1. The molecule has 0 saturated carbocycles. The van der Waals surface area contributed by atoms with Gasteiger partial charge in [0.05, 0.1) is 13.0 Å². The molecule has 0 spiro atoms. The first-order valence-electron chi connectivity index (χ1n) is 8.74. The molecule has 4 heteroatoms. The number of H-pyrrole nitrogens is 1. The average molecular weight is 336 g/mol. The maximum Gasteiger partial charge on any atom is 0.224 e. The zero-order valence-electron chi connectivity index (χ0n) is 14.5. The first-order valence-corrected chi connectivity index (χ1v) is 8.74. The minimum atomic E-state index is 0.0223. The lowest BCUT2D eigenvalue weighted by Gasteiger charge is -2.11. The fraction of sp³-hybridized carbons (Fsp3) is 0.286. The van der Waals surface area contributed by atoms with Crippen LogP contribution < -0.4 is 5.32 Å². The van der Waals surface area contributed by atoms with E-state index in [-0.39, 0.29) is 5.91 Å². The number of para-hydroxylation sites is 1. The fourth-order valence-electron chi connectivity index (χ4n) is 2.90. The zero-order chi connectivity index (χ0) is 17.5. The van der Waals surface area contributed by atoms with Crippen molar-refractivity contribution in [2.75, 3.05) is 6.61 Å². The summed E-state index contributed by atoms with van der Waals surface area (Å²) in [6, 6.07) is 16.1. The minimum absolute atomic E-state index is 0.0223. The van der Waals surface area contributed by atoms with E-state index in [9.17, 15) is 4.79 Å². The molecule has 3 rings (SSSR count). The van der Waals surface area contributed by atoms with Gasteiger partial charge < -0.3 is 15.0 Å². The first-order chi connectivity index (χ1) is 12.3. The lowest BCUT2D eigenvalue weighted by Crippen LogP contribution is -2.25. The second kappa shape index (κ2) is 8.49.